The normalized spacial score (nSPS) is 8.94. The summed E-state index contributed by atoms with van der Waals surface area (Å²) < 4.78 is 1.16. The van der Waals surface area contributed by atoms with Gasteiger partial charge in [0, 0.05) is 0 Å². The Balaban J connectivity index is 0.000000230. The van der Waals surface area contributed by atoms with Crippen molar-refractivity contribution in [3.8, 4) is 11.1 Å². The monoisotopic (exact) mass is 340 g/mol. The molecule has 0 spiro atoms. The molecule has 0 N–H and O–H groups in total. The first-order valence-corrected chi connectivity index (χ1v) is 6.30. The SMILES string of the molecule is Brc1ccc[c-]1-c1ccccc1.[Fe+2].c1cc[cH-]c1. The van der Waals surface area contributed by atoms with Gasteiger partial charge in [0.1, 0.15) is 0 Å². The molecule has 2 heteroatoms. The van der Waals surface area contributed by atoms with E-state index in [0.717, 1.165) is 4.47 Å². The molecule has 0 atom stereocenters. The summed E-state index contributed by atoms with van der Waals surface area (Å²) in [7, 11) is 0. The zero-order chi connectivity index (χ0) is 11.9. The molecule has 0 heterocycles. The third-order valence-electron chi connectivity index (χ3n) is 2.40. The molecule has 0 saturated heterocycles. The van der Waals surface area contributed by atoms with Crippen LogP contribution in [0.1, 0.15) is 0 Å². The Kier molecular flexibility index (Phi) is 6.74. The summed E-state index contributed by atoms with van der Waals surface area (Å²) in [5, 5.41) is 0. The van der Waals surface area contributed by atoms with Crippen LogP contribution in [-0.2, 0) is 17.1 Å². The Labute approximate surface area is 127 Å². The molecule has 0 radical (unpaired) electrons. The zero-order valence-corrected chi connectivity index (χ0v) is 12.4. The van der Waals surface area contributed by atoms with Crippen LogP contribution in [0.5, 0.6) is 0 Å². The van der Waals surface area contributed by atoms with Crippen molar-refractivity contribution in [2.45, 2.75) is 0 Å². The maximum absolute atomic E-state index is 3.50. The van der Waals surface area contributed by atoms with Crippen molar-refractivity contribution >= 4 is 15.9 Å². The maximum atomic E-state index is 3.50. The minimum Gasteiger partial charge on any atom is -0.214 e. The van der Waals surface area contributed by atoms with Crippen molar-refractivity contribution in [1.29, 1.82) is 0 Å². The predicted molar refractivity (Wildman–Crippen MR) is 77.2 cm³/mol. The van der Waals surface area contributed by atoms with E-state index in [4.69, 9.17) is 0 Å². The molecule has 0 nitrogen and oxygen atoms in total. The first kappa shape index (κ1) is 15.0. The maximum Gasteiger partial charge on any atom is 2.00 e. The summed E-state index contributed by atoms with van der Waals surface area (Å²) in [6.45, 7) is 0. The molecule has 0 aliphatic carbocycles. The van der Waals surface area contributed by atoms with Gasteiger partial charge in [-0.15, -0.1) is 29.8 Å². The molecule has 3 aromatic carbocycles. The van der Waals surface area contributed by atoms with Crippen LogP contribution in [0.25, 0.3) is 11.1 Å². The number of halogens is 1. The summed E-state index contributed by atoms with van der Waals surface area (Å²) in [6, 6.07) is 26.6. The van der Waals surface area contributed by atoms with Gasteiger partial charge in [0.25, 0.3) is 0 Å². The second-order valence-corrected chi connectivity index (χ2v) is 4.47. The van der Waals surface area contributed by atoms with E-state index in [1.807, 2.05) is 42.5 Å². The van der Waals surface area contributed by atoms with E-state index >= 15 is 0 Å². The summed E-state index contributed by atoms with van der Waals surface area (Å²) in [6.07, 6.45) is 0. The Morgan fingerprint density at radius 1 is 0.833 bits per heavy atom. The molecule has 3 aromatic rings. The Bertz CT molecular complexity index is 506. The largest absolute Gasteiger partial charge is 2.00 e. The summed E-state index contributed by atoms with van der Waals surface area (Å²) in [5.74, 6) is 0. The smallest absolute Gasteiger partial charge is 0.214 e. The van der Waals surface area contributed by atoms with Crippen LogP contribution in [0.4, 0.5) is 0 Å². The van der Waals surface area contributed by atoms with Crippen LogP contribution in [0.2, 0.25) is 0 Å². The molecule has 18 heavy (non-hydrogen) atoms. The average molecular weight is 341 g/mol. The van der Waals surface area contributed by atoms with Crippen molar-refractivity contribution in [2.24, 2.45) is 0 Å². The van der Waals surface area contributed by atoms with Gasteiger partial charge in [0.2, 0.25) is 0 Å². The Morgan fingerprint density at radius 3 is 1.94 bits per heavy atom. The van der Waals surface area contributed by atoms with Crippen molar-refractivity contribution in [3.05, 3.63) is 83.3 Å². The van der Waals surface area contributed by atoms with E-state index in [0.29, 0.717) is 0 Å². The number of benzene rings is 1. The van der Waals surface area contributed by atoms with Gasteiger partial charge in [-0.2, -0.15) is 24.3 Å². The molecular formula is C16H13BrFe. The van der Waals surface area contributed by atoms with Crippen molar-refractivity contribution < 1.29 is 17.1 Å². The van der Waals surface area contributed by atoms with E-state index in [2.05, 4.69) is 52.3 Å². The predicted octanol–water partition coefficient (Wildman–Crippen LogP) is 5.24. The molecule has 0 saturated carbocycles. The van der Waals surface area contributed by atoms with Crippen molar-refractivity contribution in [2.75, 3.05) is 0 Å². The van der Waals surface area contributed by atoms with Crippen LogP contribution in [0, 0.1) is 0 Å². The fraction of sp³-hybridized carbons (Fsp3) is 0. The van der Waals surface area contributed by atoms with Gasteiger partial charge in [-0.1, -0.05) is 39.7 Å². The van der Waals surface area contributed by atoms with Crippen LogP contribution >= 0.6 is 15.9 Å². The fourth-order valence-electron chi connectivity index (χ4n) is 1.57. The summed E-state index contributed by atoms with van der Waals surface area (Å²) >= 11 is 3.50. The quantitative estimate of drug-likeness (QED) is 0.420. The van der Waals surface area contributed by atoms with E-state index in [1.165, 1.54) is 11.1 Å². The van der Waals surface area contributed by atoms with Gasteiger partial charge in [-0.3, -0.25) is 0 Å². The second kappa shape index (κ2) is 8.10. The Hall–Kier alpha value is -1.08. The molecule has 92 valence electrons. The molecule has 0 amide bonds. The Morgan fingerprint density at radius 2 is 1.50 bits per heavy atom. The minimum absolute atomic E-state index is 0. The van der Waals surface area contributed by atoms with Crippen LogP contribution in [0.3, 0.4) is 0 Å². The molecule has 3 rings (SSSR count). The van der Waals surface area contributed by atoms with Gasteiger partial charge < -0.3 is 0 Å². The van der Waals surface area contributed by atoms with E-state index < -0.39 is 0 Å². The standard InChI is InChI=1S/C11H8Br.C5H5.Fe/c12-11-8-4-7-10(11)9-5-2-1-3-6-9;1-2-4-5-3-1;/h1-8H;1-5H;/q2*-1;+2. The van der Waals surface area contributed by atoms with Gasteiger partial charge in [-0.25, -0.2) is 12.1 Å². The summed E-state index contributed by atoms with van der Waals surface area (Å²) in [4.78, 5) is 0. The van der Waals surface area contributed by atoms with Gasteiger partial charge in [-0.05, 0) is 4.47 Å². The summed E-state index contributed by atoms with van der Waals surface area (Å²) in [5.41, 5.74) is 2.52. The zero-order valence-electron chi connectivity index (χ0n) is 9.74. The molecular weight excluding hydrogens is 328 g/mol. The van der Waals surface area contributed by atoms with Gasteiger partial charge in [0.15, 0.2) is 0 Å². The number of hydrogen-bond donors (Lipinski definition) is 0. The molecule has 0 bridgehead atoms. The van der Waals surface area contributed by atoms with Crippen molar-refractivity contribution in [3.63, 3.8) is 0 Å². The van der Waals surface area contributed by atoms with Gasteiger partial charge in [0.05, 0.1) is 0 Å². The van der Waals surface area contributed by atoms with E-state index in [9.17, 15) is 0 Å². The van der Waals surface area contributed by atoms with Crippen LogP contribution in [-0.4, -0.2) is 0 Å². The molecule has 0 unspecified atom stereocenters. The molecule has 0 aliphatic heterocycles. The number of rotatable bonds is 1. The van der Waals surface area contributed by atoms with Crippen LogP contribution in [0.15, 0.2) is 83.3 Å². The number of hydrogen-bond acceptors (Lipinski definition) is 0. The second-order valence-electron chi connectivity index (χ2n) is 3.62. The first-order valence-electron chi connectivity index (χ1n) is 5.51. The molecule has 0 aromatic heterocycles. The van der Waals surface area contributed by atoms with Crippen molar-refractivity contribution in [1.82, 2.24) is 0 Å². The molecule has 0 aliphatic rings. The van der Waals surface area contributed by atoms with Crippen LogP contribution < -0.4 is 0 Å². The molecule has 0 fully saturated rings. The minimum atomic E-state index is 0. The van der Waals surface area contributed by atoms with E-state index in [1.54, 1.807) is 0 Å². The fourth-order valence-corrected chi connectivity index (χ4v) is 2.08. The first-order chi connectivity index (χ1) is 8.38. The topological polar surface area (TPSA) is 0 Å². The van der Waals surface area contributed by atoms with Gasteiger partial charge >= 0.3 is 17.1 Å². The van der Waals surface area contributed by atoms with E-state index in [-0.39, 0.29) is 17.1 Å². The third-order valence-corrected chi connectivity index (χ3v) is 3.09. The average Bonchev–Trinajstić information content (AvgIpc) is 3.03. The third kappa shape index (κ3) is 4.30.